The molecule has 15 heteroatoms. The summed E-state index contributed by atoms with van der Waals surface area (Å²) in [5.74, 6) is -1.33. The van der Waals surface area contributed by atoms with Crippen molar-refractivity contribution in [2.45, 2.75) is 32.4 Å². The van der Waals surface area contributed by atoms with Crippen LogP contribution in [-0.4, -0.2) is 79.8 Å². The summed E-state index contributed by atoms with van der Waals surface area (Å²) in [6, 6.07) is 10.6. The number of nitrogens with zero attached hydrogens (tertiary/aromatic N) is 8. The topological polar surface area (TPSA) is 157 Å². The number of piperazine rings is 1. The van der Waals surface area contributed by atoms with E-state index in [0.29, 0.717) is 45.6 Å². The van der Waals surface area contributed by atoms with Gasteiger partial charge in [0.1, 0.15) is 19.1 Å². The first kappa shape index (κ1) is 30.7. The second-order valence-electron chi connectivity index (χ2n) is 10.1. The first-order valence-electron chi connectivity index (χ1n) is 13.8. The van der Waals surface area contributed by atoms with E-state index in [9.17, 15) is 14.4 Å². The third-order valence-corrected chi connectivity index (χ3v) is 7.42. The molecular weight excluding hydrogens is 607 g/mol. The Morgan fingerprint density at radius 2 is 1.93 bits per heavy atom. The maximum atomic E-state index is 13.8. The van der Waals surface area contributed by atoms with Crippen molar-refractivity contribution in [1.29, 1.82) is 0 Å². The summed E-state index contributed by atoms with van der Waals surface area (Å²) in [5, 5.41) is 15.7. The zero-order valence-electron chi connectivity index (χ0n) is 24.0. The average Bonchev–Trinajstić information content (AvgIpc) is 3.63. The SMILES string of the molecule is CCCn1ccc(CC(C(=O)Nc2ccc(N)c(C=NC)c2)N2CC(=O)N(c3cc(Cl)ccc3-n3cc(Cl)nn3)CC2=O)n1. The molecule has 1 aliphatic heterocycles. The highest BCUT2D eigenvalue weighted by atomic mass is 35.5. The summed E-state index contributed by atoms with van der Waals surface area (Å²) >= 11 is 12.3. The van der Waals surface area contributed by atoms with Gasteiger partial charge < -0.3 is 16.0 Å². The lowest BCUT2D eigenvalue weighted by molar-refractivity contribution is -0.143. The van der Waals surface area contributed by atoms with E-state index in [1.165, 1.54) is 20.7 Å². The van der Waals surface area contributed by atoms with Crippen LogP contribution in [-0.2, 0) is 27.3 Å². The smallest absolute Gasteiger partial charge is 0.247 e. The van der Waals surface area contributed by atoms with Gasteiger partial charge in [-0.25, -0.2) is 4.68 Å². The molecule has 13 nitrogen and oxygen atoms in total. The largest absolute Gasteiger partial charge is 0.398 e. The summed E-state index contributed by atoms with van der Waals surface area (Å²) in [5.41, 5.74) is 9.04. The van der Waals surface area contributed by atoms with E-state index in [1.54, 1.807) is 60.4 Å². The quantitative estimate of drug-likeness (QED) is 0.200. The zero-order valence-corrected chi connectivity index (χ0v) is 25.5. The molecule has 0 spiro atoms. The van der Waals surface area contributed by atoms with Crippen LogP contribution in [0.15, 0.2) is 59.9 Å². The van der Waals surface area contributed by atoms with Crippen LogP contribution in [0.1, 0.15) is 24.6 Å². The molecule has 1 aliphatic rings. The molecule has 3 heterocycles. The minimum absolute atomic E-state index is 0.0969. The van der Waals surface area contributed by atoms with Crippen LogP contribution in [0.4, 0.5) is 17.1 Å². The number of halogens is 2. The van der Waals surface area contributed by atoms with Crippen LogP contribution in [0.5, 0.6) is 0 Å². The van der Waals surface area contributed by atoms with Crippen molar-refractivity contribution >= 4 is 64.2 Å². The number of nitrogens with two attached hydrogens (primary N) is 1. The van der Waals surface area contributed by atoms with E-state index in [4.69, 9.17) is 28.9 Å². The second-order valence-corrected chi connectivity index (χ2v) is 11.0. The lowest BCUT2D eigenvalue weighted by atomic mass is 10.1. The summed E-state index contributed by atoms with van der Waals surface area (Å²) < 4.78 is 3.17. The van der Waals surface area contributed by atoms with Crippen LogP contribution in [0, 0.1) is 0 Å². The van der Waals surface area contributed by atoms with E-state index >= 15 is 0 Å². The van der Waals surface area contributed by atoms with Gasteiger partial charge in [-0.1, -0.05) is 35.3 Å². The third kappa shape index (κ3) is 6.74. The zero-order chi connectivity index (χ0) is 31.4. The van der Waals surface area contributed by atoms with Crippen molar-refractivity contribution in [2.75, 3.05) is 36.1 Å². The number of amides is 3. The van der Waals surface area contributed by atoms with Crippen molar-refractivity contribution in [3.63, 3.8) is 0 Å². The van der Waals surface area contributed by atoms with E-state index < -0.39 is 23.8 Å². The number of nitrogen functional groups attached to an aromatic ring is 1. The first-order valence-corrected chi connectivity index (χ1v) is 14.5. The fraction of sp³-hybridized carbons (Fsp3) is 0.276. The monoisotopic (exact) mass is 636 g/mol. The summed E-state index contributed by atoms with van der Waals surface area (Å²) in [6.07, 6.45) is 5.87. The van der Waals surface area contributed by atoms with Gasteiger partial charge in [-0.2, -0.15) is 5.10 Å². The lowest BCUT2D eigenvalue weighted by Crippen LogP contribution is -2.60. The summed E-state index contributed by atoms with van der Waals surface area (Å²) in [4.78, 5) is 47.8. The average molecular weight is 638 g/mol. The van der Waals surface area contributed by atoms with Gasteiger partial charge in [-0.05, 0) is 48.9 Å². The standard InChI is InChI=1S/C29H30Cl2N10O3/c1-3-9-38-10-8-21(36-38)13-25(29(44)34-20-5-6-22(32)18(11-20)14-33-2)40-17-27(42)39(16-28(40)43)24-12-19(30)4-7-23(24)41-15-26(31)35-37-41/h4-8,10-12,14-15,25H,3,9,13,16-17,32H2,1-2H3,(H,34,44). The Labute approximate surface area is 263 Å². The molecule has 5 rings (SSSR count). The molecular formula is C29H30Cl2N10O3. The van der Waals surface area contributed by atoms with Crippen LogP contribution >= 0.6 is 23.2 Å². The van der Waals surface area contributed by atoms with Crippen molar-refractivity contribution in [3.05, 3.63) is 76.3 Å². The molecule has 1 saturated heterocycles. The molecule has 2 aromatic heterocycles. The Morgan fingerprint density at radius 1 is 1.11 bits per heavy atom. The lowest BCUT2D eigenvalue weighted by Gasteiger charge is -2.38. The highest BCUT2D eigenvalue weighted by molar-refractivity contribution is 6.31. The Morgan fingerprint density at radius 3 is 2.66 bits per heavy atom. The maximum Gasteiger partial charge on any atom is 0.247 e. The highest BCUT2D eigenvalue weighted by Crippen LogP contribution is 2.30. The summed E-state index contributed by atoms with van der Waals surface area (Å²) in [7, 11) is 1.62. The van der Waals surface area contributed by atoms with Crippen molar-refractivity contribution in [2.24, 2.45) is 4.99 Å². The third-order valence-electron chi connectivity index (χ3n) is 7.01. The maximum absolute atomic E-state index is 13.8. The Balaban J connectivity index is 1.44. The number of anilines is 3. The number of benzene rings is 2. The molecule has 0 bridgehead atoms. The van der Waals surface area contributed by atoms with Crippen molar-refractivity contribution < 1.29 is 14.4 Å². The minimum atomic E-state index is -1.03. The number of carbonyl (C=O) groups is 3. The number of hydrogen-bond acceptors (Lipinski definition) is 8. The molecule has 3 amide bonds. The highest BCUT2D eigenvalue weighted by Gasteiger charge is 2.39. The number of nitrogens with one attached hydrogen (secondary N) is 1. The molecule has 1 fully saturated rings. The molecule has 0 aliphatic carbocycles. The Hall–Kier alpha value is -4.75. The number of hydrogen-bond donors (Lipinski definition) is 2. The molecule has 2 aromatic carbocycles. The number of carbonyl (C=O) groups excluding carboxylic acids is 3. The van der Waals surface area contributed by atoms with Gasteiger partial charge in [0.25, 0.3) is 0 Å². The van der Waals surface area contributed by atoms with Crippen LogP contribution in [0.3, 0.4) is 0 Å². The van der Waals surface area contributed by atoms with E-state index in [1.807, 2.05) is 13.1 Å². The summed E-state index contributed by atoms with van der Waals surface area (Å²) in [6.45, 7) is 2.06. The molecule has 3 N–H and O–H groups in total. The second kappa shape index (κ2) is 13.3. The van der Waals surface area contributed by atoms with Crippen molar-refractivity contribution in [3.8, 4) is 5.69 Å². The van der Waals surface area contributed by atoms with Gasteiger partial charge in [0, 0.05) is 54.4 Å². The van der Waals surface area contributed by atoms with E-state index in [0.717, 1.165) is 6.42 Å². The molecule has 1 unspecified atom stereocenters. The van der Waals surface area contributed by atoms with Crippen molar-refractivity contribution in [1.82, 2.24) is 29.7 Å². The number of aliphatic imine (C=N–C) groups is 1. The normalized spacial score (nSPS) is 14.5. The van der Waals surface area contributed by atoms with Gasteiger partial charge in [0.15, 0.2) is 5.15 Å². The molecule has 228 valence electrons. The van der Waals surface area contributed by atoms with Gasteiger partial charge in [-0.15, -0.1) is 5.10 Å². The number of aromatic nitrogens is 5. The minimum Gasteiger partial charge on any atom is -0.398 e. The molecule has 4 aromatic rings. The van der Waals surface area contributed by atoms with Gasteiger partial charge in [-0.3, -0.25) is 29.0 Å². The van der Waals surface area contributed by atoms with E-state index in [-0.39, 0.29) is 24.7 Å². The van der Waals surface area contributed by atoms with Crippen LogP contribution in [0.25, 0.3) is 5.69 Å². The predicted molar refractivity (Wildman–Crippen MR) is 168 cm³/mol. The first-order chi connectivity index (χ1) is 21.2. The van der Waals surface area contributed by atoms with Crippen LogP contribution in [0.2, 0.25) is 10.2 Å². The molecule has 0 radical (unpaired) electrons. The molecule has 1 atom stereocenters. The Bertz CT molecular complexity index is 1730. The fourth-order valence-corrected chi connectivity index (χ4v) is 5.24. The predicted octanol–water partition coefficient (Wildman–Crippen LogP) is 3.24. The van der Waals surface area contributed by atoms with Crippen LogP contribution < -0.4 is 16.0 Å². The van der Waals surface area contributed by atoms with E-state index in [2.05, 4.69) is 25.7 Å². The fourth-order valence-electron chi connectivity index (χ4n) is 4.94. The number of aryl methyl sites for hydroxylation is 1. The number of rotatable bonds is 10. The van der Waals surface area contributed by atoms with Gasteiger partial charge in [0.05, 0.1) is 23.3 Å². The van der Waals surface area contributed by atoms with Gasteiger partial charge >= 0.3 is 0 Å². The molecule has 44 heavy (non-hydrogen) atoms. The molecule has 0 saturated carbocycles. The Kier molecular flexibility index (Phi) is 9.26. The van der Waals surface area contributed by atoms with Gasteiger partial charge in [0.2, 0.25) is 17.7 Å².